The minimum absolute atomic E-state index is 0.267. The fourth-order valence-electron chi connectivity index (χ4n) is 5.94. The third-order valence-electron chi connectivity index (χ3n) is 7.62. The van der Waals surface area contributed by atoms with Crippen LogP contribution in [0, 0.1) is 0 Å². The van der Waals surface area contributed by atoms with E-state index in [-0.39, 0.29) is 5.75 Å². The van der Waals surface area contributed by atoms with Crippen molar-refractivity contribution in [1.29, 1.82) is 0 Å². The number of aromatic nitrogens is 3. The van der Waals surface area contributed by atoms with Crippen LogP contribution in [0.2, 0.25) is 0 Å². The summed E-state index contributed by atoms with van der Waals surface area (Å²) in [6.45, 7) is 1.99. The van der Waals surface area contributed by atoms with Gasteiger partial charge in [-0.2, -0.15) is 0 Å². The number of rotatable bonds is 4. The maximum Gasteiger partial charge on any atom is 0.140 e. The molecule has 6 nitrogen and oxygen atoms in total. The number of hydrogen-bond acceptors (Lipinski definition) is 6. The van der Waals surface area contributed by atoms with E-state index in [4.69, 9.17) is 9.97 Å². The highest BCUT2D eigenvalue weighted by atomic mass is 16.3. The van der Waals surface area contributed by atoms with Gasteiger partial charge >= 0.3 is 0 Å². The van der Waals surface area contributed by atoms with Gasteiger partial charge in [-0.1, -0.05) is 30.3 Å². The molecule has 5 aromatic rings. The van der Waals surface area contributed by atoms with E-state index >= 15 is 0 Å². The summed E-state index contributed by atoms with van der Waals surface area (Å²) in [5, 5.41) is 17.2. The summed E-state index contributed by atoms with van der Waals surface area (Å²) in [4.78, 5) is 16.9. The highest BCUT2D eigenvalue weighted by Crippen LogP contribution is 2.38. The fourth-order valence-corrected chi connectivity index (χ4v) is 5.94. The van der Waals surface area contributed by atoms with Gasteiger partial charge in [-0.15, -0.1) is 0 Å². The molecule has 2 aliphatic rings. The largest absolute Gasteiger partial charge is 0.508 e. The van der Waals surface area contributed by atoms with Crippen LogP contribution in [0.5, 0.6) is 5.75 Å². The second kappa shape index (κ2) is 8.57. The van der Waals surface area contributed by atoms with E-state index in [1.54, 1.807) is 0 Å². The van der Waals surface area contributed by atoms with Crippen molar-refractivity contribution >= 4 is 27.5 Å². The molecular weight excluding hydrogens is 446 g/mol. The van der Waals surface area contributed by atoms with Crippen LogP contribution in [-0.2, 0) is 6.42 Å². The molecule has 0 saturated carbocycles. The maximum atomic E-state index is 10.4. The van der Waals surface area contributed by atoms with Gasteiger partial charge in [0.2, 0.25) is 0 Å². The smallest absolute Gasteiger partial charge is 0.140 e. The predicted octanol–water partition coefficient (Wildman–Crippen LogP) is 5.08. The van der Waals surface area contributed by atoms with Crippen LogP contribution in [0.15, 0.2) is 79.1 Å². The first-order valence-corrected chi connectivity index (χ1v) is 12.6. The zero-order chi connectivity index (χ0) is 24.1. The van der Waals surface area contributed by atoms with E-state index in [0.717, 1.165) is 63.1 Å². The number of pyridine rings is 1. The van der Waals surface area contributed by atoms with E-state index in [1.165, 1.54) is 12.8 Å². The van der Waals surface area contributed by atoms with Crippen LogP contribution in [0.4, 0.5) is 5.82 Å². The van der Waals surface area contributed by atoms with Gasteiger partial charge in [-0.3, -0.25) is 4.98 Å². The zero-order valence-corrected chi connectivity index (χ0v) is 19.9. The Morgan fingerprint density at radius 2 is 1.67 bits per heavy atom. The molecule has 2 saturated heterocycles. The lowest BCUT2D eigenvalue weighted by Gasteiger charge is -2.37. The number of piperazine rings is 1. The molecule has 6 heteroatoms. The lowest BCUT2D eigenvalue weighted by molar-refractivity contribution is 0.476. The Hall–Kier alpha value is -4.03. The quantitative estimate of drug-likeness (QED) is 0.379. The number of benzene rings is 3. The summed E-state index contributed by atoms with van der Waals surface area (Å²) in [7, 11) is 0. The van der Waals surface area contributed by atoms with Gasteiger partial charge in [0, 0.05) is 49.4 Å². The van der Waals surface area contributed by atoms with Crippen molar-refractivity contribution in [2.75, 3.05) is 18.0 Å². The summed E-state index contributed by atoms with van der Waals surface area (Å²) in [6.07, 6.45) is 6.68. The molecular formula is C30H27N5O. The summed E-state index contributed by atoms with van der Waals surface area (Å²) >= 11 is 0. The number of anilines is 1. The molecule has 0 amide bonds. The molecule has 2 atom stereocenters. The molecule has 4 heterocycles. The van der Waals surface area contributed by atoms with Gasteiger partial charge in [0.05, 0.1) is 5.52 Å². The summed E-state index contributed by atoms with van der Waals surface area (Å²) in [5.41, 5.74) is 4.13. The molecule has 7 rings (SSSR count). The van der Waals surface area contributed by atoms with Crippen LogP contribution < -0.4 is 10.2 Å². The SMILES string of the molecule is Oc1cc(-c2ccc3c(N4C5CCC4CNC5)nc(Cc4ccncc4)nc3c2)c2ccccc2c1. The first-order valence-electron chi connectivity index (χ1n) is 12.6. The highest BCUT2D eigenvalue weighted by molar-refractivity contribution is 6.01. The zero-order valence-electron chi connectivity index (χ0n) is 19.9. The van der Waals surface area contributed by atoms with Crippen LogP contribution in [0.3, 0.4) is 0 Å². The molecule has 0 spiro atoms. The van der Waals surface area contributed by atoms with E-state index in [2.05, 4.69) is 39.5 Å². The van der Waals surface area contributed by atoms with Gasteiger partial charge < -0.3 is 15.3 Å². The van der Waals surface area contributed by atoms with Gasteiger partial charge in [-0.25, -0.2) is 9.97 Å². The molecule has 3 aromatic carbocycles. The average Bonchev–Trinajstić information content (AvgIpc) is 3.15. The van der Waals surface area contributed by atoms with Gasteiger partial charge in [0.25, 0.3) is 0 Å². The number of phenolic OH excluding ortho intramolecular Hbond substituents is 1. The Labute approximate surface area is 209 Å². The molecule has 2 unspecified atom stereocenters. The maximum absolute atomic E-state index is 10.4. The monoisotopic (exact) mass is 473 g/mol. The Kier molecular flexibility index (Phi) is 5.06. The minimum atomic E-state index is 0.267. The highest BCUT2D eigenvalue weighted by Gasteiger charge is 2.38. The van der Waals surface area contributed by atoms with Crippen molar-refractivity contribution in [2.45, 2.75) is 31.3 Å². The molecule has 2 fully saturated rings. The number of phenols is 1. The first-order chi connectivity index (χ1) is 17.7. The summed E-state index contributed by atoms with van der Waals surface area (Å²) in [5.74, 6) is 2.13. The Balaban J connectivity index is 1.41. The molecule has 0 radical (unpaired) electrons. The molecule has 2 bridgehead atoms. The second-order valence-corrected chi connectivity index (χ2v) is 9.89. The fraction of sp³-hybridized carbons (Fsp3) is 0.233. The van der Waals surface area contributed by atoms with Gasteiger partial charge in [0.15, 0.2) is 0 Å². The van der Waals surface area contributed by atoms with E-state index in [1.807, 2.05) is 54.9 Å². The predicted molar refractivity (Wildman–Crippen MR) is 143 cm³/mol. The summed E-state index contributed by atoms with van der Waals surface area (Å²) in [6, 6.07) is 23.3. The third-order valence-corrected chi connectivity index (χ3v) is 7.62. The van der Waals surface area contributed by atoms with Crippen molar-refractivity contribution in [1.82, 2.24) is 20.3 Å². The average molecular weight is 474 g/mol. The van der Waals surface area contributed by atoms with E-state index in [9.17, 15) is 5.11 Å². The number of aromatic hydroxyl groups is 1. The molecule has 2 N–H and O–H groups in total. The molecule has 36 heavy (non-hydrogen) atoms. The Morgan fingerprint density at radius 3 is 2.50 bits per heavy atom. The standard InChI is InChI=1S/C30H27N5O/c36-24-14-20-3-1-2-4-25(20)27(16-24)21-5-8-26-28(15-21)33-29(13-19-9-11-31-12-10-19)34-30(26)35-22-6-7-23(35)18-32-17-22/h1-5,8-12,14-16,22-23,32,36H,6-7,13,17-18H2. The minimum Gasteiger partial charge on any atom is -0.508 e. The first kappa shape index (κ1) is 21.3. The van der Waals surface area contributed by atoms with Gasteiger partial charge in [0.1, 0.15) is 17.4 Å². The lowest BCUT2D eigenvalue weighted by Crippen LogP contribution is -2.52. The normalized spacial score (nSPS) is 19.3. The number of nitrogens with one attached hydrogen (secondary N) is 1. The number of nitrogens with zero attached hydrogens (tertiary/aromatic N) is 4. The topological polar surface area (TPSA) is 74.2 Å². The van der Waals surface area contributed by atoms with Crippen LogP contribution in [0.25, 0.3) is 32.8 Å². The van der Waals surface area contributed by atoms with Crippen LogP contribution >= 0.6 is 0 Å². The van der Waals surface area contributed by atoms with E-state index in [0.29, 0.717) is 18.5 Å². The number of hydrogen-bond donors (Lipinski definition) is 2. The molecule has 0 aliphatic carbocycles. The number of fused-ring (bicyclic) bond motifs is 4. The molecule has 178 valence electrons. The van der Waals surface area contributed by atoms with Crippen molar-refractivity contribution < 1.29 is 5.11 Å². The second-order valence-electron chi connectivity index (χ2n) is 9.89. The van der Waals surface area contributed by atoms with Crippen LogP contribution in [0.1, 0.15) is 24.2 Å². The Bertz CT molecular complexity index is 1570. The lowest BCUT2D eigenvalue weighted by atomic mass is 9.96. The third kappa shape index (κ3) is 3.65. The molecule has 2 aromatic heterocycles. The van der Waals surface area contributed by atoms with Crippen molar-refractivity contribution in [3.63, 3.8) is 0 Å². The summed E-state index contributed by atoms with van der Waals surface area (Å²) < 4.78 is 0. The Morgan fingerprint density at radius 1 is 0.861 bits per heavy atom. The molecule has 2 aliphatic heterocycles. The van der Waals surface area contributed by atoms with Crippen LogP contribution in [-0.4, -0.2) is 45.2 Å². The van der Waals surface area contributed by atoms with Crippen molar-refractivity contribution in [3.8, 4) is 16.9 Å². The van der Waals surface area contributed by atoms with E-state index < -0.39 is 0 Å². The van der Waals surface area contributed by atoms with Gasteiger partial charge in [-0.05, 0) is 76.7 Å². The van der Waals surface area contributed by atoms with Crippen molar-refractivity contribution in [3.05, 3.63) is 90.5 Å². The van der Waals surface area contributed by atoms with Crippen molar-refractivity contribution in [2.24, 2.45) is 0 Å².